The third-order valence-corrected chi connectivity index (χ3v) is 4.64. The van der Waals surface area contributed by atoms with Crippen LogP contribution in [-0.2, 0) is 6.54 Å². The second kappa shape index (κ2) is 6.62. The number of hydrogen-bond donors (Lipinski definition) is 0. The highest BCUT2D eigenvalue weighted by molar-refractivity contribution is 5.46. The molecule has 2 heterocycles. The zero-order valence-electron chi connectivity index (χ0n) is 14.3. The molecule has 0 spiro atoms. The molecule has 1 aliphatic rings. The Bertz CT molecular complexity index is 661. The zero-order valence-corrected chi connectivity index (χ0v) is 14.3. The van der Waals surface area contributed by atoms with E-state index in [2.05, 4.69) is 16.1 Å². The van der Waals surface area contributed by atoms with Gasteiger partial charge < -0.3 is 14.0 Å². The van der Waals surface area contributed by atoms with E-state index in [-0.39, 0.29) is 0 Å². The average molecular weight is 316 g/mol. The molecular formula is C18H24N2O3. The number of hydrogen-bond acceptors (Lipinski definition) is 5. The highest BCUT2D eigenvalue weighted by Gasteiger charge is 2.31. The van der Waals surface area contributed by atoms with Gasteiger partial charge in [0.15, 0.2) is 11.5 Å². The van der Waals surface area contributed by atoms with E-state index in [1.807, 2.05) is 26.0 Å². The molecular weight excluding hydrogens is 292 g/mol. The van der Waals surface area contributed by atoms with Crippen LogP contribution < -0.4 is 9.47 Å². The maximum absolute atomic E-state index is 5.57. The van der Waals surface area contributed by atoms with Crippen LogP contribution in [0.1, 0.15) is 41.5 Å². The first-order valence-corrected chi connectivity index (χ1v) is 8.02. The van der Waals surface area contributed by atoms with Gasteiger partial charge in [0.05, 0.1) is 19.9 Å². The number of ether oxygens (including phenoxy) is 2. The van der Waals surface area contributed by atoms with Crippen molar-refractivity contribution < 1.29 is 14.0 Å². The predicted octanol–water partition coefficient (Wildman–Crippen LogP) is 3.65. The smallest absolute Gasteiger partial charge is 0.165 e. The van der Waals surface area contributed by atoms with Crippen LogP contribution in [-0.4, -0.2) is 30.8 Å². The number of rotatable bonds is 5. The lowest BCUT2D eigenvalue weighted by Gasteiger charge is -2.25. The summed E-state index contributed by atoms with van der Waals surface area (Å²) < 4.78 is 16.3. The summed E-state index contributed by atoms with van der Waals surface area (Å²) in [6.45, 7) is 5.91. The van der Waals surface area contributed by atoms with E-state index in [9.17, 15) is 0 Å². The first kappa shape index (κ1) is 15.9. The molecule has 23 heavy (non-hydrogen) atoms. The van der Waals surface area contributed by atoms with E-state index in [1.54, 1.807) is 14.2 Å². The minimum Gasteiger partial charge on any atom is -0.493 e. The fourth-order valence-electron chi connectivity index (χ4n) is 3.61. The summed E-state index contributed by atoms with van der Waals surface area (Å²) in [7, 11) is 3.36. The number of nitrogens with zero attached hydrogens (tertiary/aromatic N) is 2. The van der Waals surface area contributed by atoms with Crippen LogP contribution in [0.2, 0.25) is 0 Å². The Hall–Kier alpha value is -2.01. The molecule has 0 aliphatic carbocycles. The van der Waals surface area contributed by atoms with Gasteiger partial charge in [0.25, 0.3) is 0 Å². The lowest BCUT2D eigenvalue weighted by atomic mass is 10.0. The quantitative estimate of drug-likeness (QED) is 0.842. The van der Waals surface area contributed by atoms with Crippen molar-refractivity contribution in [1.82, 2.24) is 10.1 Å². The van der Waals surface area contributed by atoms with Crippen molar-refractivity contribution in [2.75, 3.05) is 20.8 Å². The van der Waals surface area contributed by atoms with E-state index in [0.717, 1.165) is 48.0 Å². The molecule has 5 heteroatoms. The summed E-state index contributed by atoms with van der Waals surface area (Å²) in [5.41, 5.74) is 3.38. The van der Waals surface area contributed by atoms with Gasteiger partial charge in [0, 0.05) is 23.7 Å². The average Bonchev–Trinajstić information content (AvgIpc) is 3.13. The van der Waals surface area contributed by atoms with Crippen LogP contribution >= 0.6 is 0 Å². The first-order chi connectivity index (χ1) is 11.2. The summed E-state index contributed by atoms with van der Waals surface area (Å²) in [4.78, 5) is 2.48. The molecule has 3 rings (SSSR count). The monoisotopic (exact) mass is 316 g/mol. The molecule has 0 amide bonds. The Morgan fingerprint density at radius 2 is 2.09 bits per heavy atom. The minimum atomic E-state index is 0.358. The molecule has 124 valence electrons. The lowest BCUT2D eigenvalue weighted by Crippen LogP contribution is -2.23. The van der Waals surface area contributed by atoms with Gasteiger partial charge in [-0.25, -0.2) is 0 Å². The minimum absolute atomic E-state index is 0.358. The number of para-hydroxylation sites is 1. The molecule has 1 atom stereocenters. The Balaban J connectivity index is 1.88. The van der Waals surface area contributed by atoms with Crippen LogP contribution in [0.4, 0.5) is 0 Å². The van der Waals surface area contributed by atoms with Crippen molar-refractivity contribution in [3.05, 3.63) is 40.8 Å². The van der Waals surface area contributed by atoms with Crippen molar-refractivity contribution >= 4 is 0 Å². The normalized spacial score (nSPS) is 18.3. The Labute approximate surface area is 137 Å². The first-order valence-electron chi connectivity index (χ1n) is 8.02. The van der Waals surface area contributed by atoms with Crippen LogP contribution in [0.3, 0.4) is 0 Å². The molecule has 0 saturated carbocycles. The number of aromatic nitrogens is 1. The number of benzene rings is 1. The van der Waals surface area contributed by atoms with Crippen LogP contribution in [0.5, 0.6) is 11.5 Å². The molecule has 0 radical (unpaired) electrons. The molecule has 0 N–H and O–H groups in total. The van der Waals surface area contributed by atoms with E-state index in [0.29, 0.717) is 6.04 Å². The van der Waals surface area contributed by atoms with Crippen LogP contribution in [0.15, 0.2) is 22.7 Å². The molecule has 1 aromatic carbocycles. The summed E-state index contributed by atoms with van der Waals surface area (Å²) in [6.07, 6.45) is 2.32. The Kier molecular flexibility index (Phi) is 4.57. The van der Waals surface area contributed by atoms with Gasteiger partial charge in [-0.15, -0.1) is 0 Å². The zero-order chi connectivity index (χ0) is 16.4. The summed E-state index contributed by atoms with van der Waals surface area (Å²) in [5.74, 6) is 2.52. The highest BCUT2D eigenvalue weighted by atomic mass is 16.5. The molecule has 1 unspecified atom stereocenters. The second-order valence-corrected chi connectivity index (χ2v) is 6.02. The third kappa shape index (κ3) is 2.93. The van der Waals surface area contributed by atoms with Crippen molar-refractivity contribution in [3.63, 3.8) is 0 Å². The summed E-state index contributed by atoms with van der Waals surface area (Å²) in [5, 5.41) is 4.12. The fraction of sp³-hybridized carbons (Fsp3) is 0.500. The Morgan fingerprint density at radius 3 is 2.74 bits per heavy atom. The molecule has 0 bridgehead atoms. The van der Waals surface area contributed by atoms with Gasteiger partial charge in [0.1, 0.15) is 5.76 Å². The van der Waals surface area contributed by atoms with Crippen LogP contribution in [0, 0.1) is 13.8 Å². The van der Waals surface area contributed by atoms with Gasteiger partial charge in [-0.3, -0.25) is 4.90 Å². The molecule has 5 nitrogen and oxygen atoms in total. The molecule has 1 aliphatic heterocycles. The SMILES string of the molecule is COc1cccc(CN2CCCC2c2c(C)noc2C)c1OC. The standard InChI is InChI=1S/C18H24N2O3/c1-12-17(13(2)23-19-12)15-8-6-10-20(15)11-14-7-5-9-16(21-3)18(14)22-4/h5,7,9,15H,6,8,10-11H2,1-4H3. The van der Waals surface area contributed by atoms with Gasteiger partial charge in [-0.2, -0.15) is 0 Å². The van der Waals surface area contributed by atoms with E-state index in [1.165, 1.54) is 12.0 Å². The van der Waals surface area contributed by atoms with Crippen molar-refractivity contribution in [2.24, 2.45) is 0 Å². The molecule has 1 saturated heterocycles. The second-order valence-electron chi connectivity index (χ2n) is 6.02. The molecule has 1 fully saturated rings. The molecule has 1 aromatic heterocycles. The van der Waals surface area contributed by atoms with Crippen molar-refractivity contribution in [3.8, 4) is 11.5 Å². The van der Waals surface area contributed by atoms with Crippen LogP contribution in [0.25, 0.3) is 0 Å². The fourth-order valence-corrected chi connectivity index (χ4v) is 3.61. The summed E-state index contributed by atoms with van der Waals surface area (Å²) in [6, 6.07) is 6.40. The lowest BCUT2D eigenvalue weighted by molar-refractivity contribution is 0.240. The molecule has 2 aromatic rings. The van der Waals surface area contributed by atoms with Gasteiger partial charge in [-0.05, 0) is 39.3 Å². The topological polar surface area (TPSA) is 47.7 Å². The van der Waals surface area contributed by atoms with Gasteiger partial charge in [-0.1, -0.05) is 17.3 Å². The number of aryl methyl sites for hydroxylation is 2. The van der Waals surface area contributed by atoms with Gasteiger partial charge >= 0.3 is 0 Å². The Morgan fingerprint density at radius 1 is 1.26 bits per heavy atom. The van der Waals surface area contributed by atoms with E-state index < -0.39 is 0 Å². The summed E-state index contributed by atoms with van der Waals surface area (Å²) >= 11 is 0. The third-order valence-electron chi connectivity index (χ3n) is 4.64. The predicted molar refractivity (Wildman–Crippen MR) is 87.9 cm³/mol. The highest BCUT2D eigenvalue weighted by Crippen LogP contribution is 2.39. The maximum Gasteiger partial charge on any atom is 0.165 e. The van der Waals surface area contributed by atoms with Crippen molar-refractivity contribution in [1.29, 1.82) is 0 Å². The van der Waals surface area contributed by atoms with E-state index >= 15 is 0 Å². The number of methoxy groups -OCH3 is 2. The van der Waals surface area contributed by atoms with Gasteiger partial charge in [0.2, 0.25) is 0 Å². The largest absolute Gasteiger partial charge is 0.493 e. The number of likely N-dealkylation sites (tertiary alicyclic amines) is 1. The maximum atomic E-state index is 5.57. The van der Waals surface area contributed by atoms with Crippen molar-refractivity contribution in [2.45, 2.75) is 39.3 Å². The van der Waals surface area contributed by atoms with E-state index in [4.69, 9.17) is 14.0 Å².